The summed E-state index contributed by atoms with van der Waals surface area (Å²) in [5, 5.41) is 7.07. The molecule has 168 valence electrons. The van der Waals surface area contributed by atoms with Crippen molar-refractivity contribution in [3.63, 3.8) is 0 Å². The molecule has 1 N–H and O–H groups in total. The largest absolute Gasteiger partial charge is 0.356 e. The van der Waals surface area contributed by atoms with Gasteiger partial charge >= 0.3 is 0 Å². The van der Waals surface area contributed by atoms with Gasteiger partial charge in [0.1, 0.15) is 11.4 Å². The summed E-state index contributed by atoms with van der Waals surface area (Å²) in [7, 11) is 1.79. The van der Waals surface area contributed by atoms with Gasteiger partial charge in [0.05, 0.1) is 17.5 Å². The zero-order valence-corrected chi connectivity index (χ0v) is 18.4. The molecule has 0 aliphatic carbocycles. The van der Waals surface area contributed by atoms with Gasteiger partial charge in [-0.1, -0.05) is 12.1 Å². The molecule has 1 amide bonds. The van der Waals surface area contributed by atoms with Gasteiger partial charge in [-0.05, 0) is 38.0 Å². The van der Waals surface area contributed by atoms with Crippen LogP contribution < -0.4 is 10.2 Å². The van der Waals surface area contributed by atoms with E-state index < -0.39 is 5.92 Å². The Balaban J connectivity index is 1.76. The van der Waals surface area contributed by atoms with Crippen LogP contribution in [0.5, 0.6) is 0 Å². The molecule has 0 spiro atoms. The average Bonchev–Trinajstić information content (AvgIpc) is 3.07. The van der Waals surface area contributed by atoms with Gasteiger partial charge in [-0.3, -0.25) is 9.48 Å². The van der Waals surface area contributed by atoms with E-state index in [9.17, 15) is 13.6 Å². The molecule has 0 atom stereocenters. The topological polar surface area (TPSA) is 75.9 Å². The number of hydrogen-bond acceptors (Lipinski definition) is 5. The second-order valence-electron chi connectivity index (χ2n) is 8.25. The fourth-order valence-corrected chi connectivity index (χ4v) is 3.91. The first kappa shape index (κ1) is 21.9. The van der Waals surface area contributed by atoms with Crippen LogP contribution in [0.15, 0.2) is 36.7 Å². The van der Waals surface area contributed by atoms with E-state index >= 15 is 0 Å². The molecule has 0 unspecified atom stereocenters. The van der Waals surface area contributed by atoms with Crippen LogP contribution in [-0.4, -0.2) is 44.7 Å². The van der Waals surface area contributed by atoms with Crippen molar-refractivity contribution >= 4 is 17.4 Å². The Morgan fingerprint density at radius 1 is 1.16 bits per heavy atom. The van der Waals surface area contributed by atoms with Crippen LogP contribution in [0.1, 0.15) is 40.9 Å². The second-order valence-corrected chi connectivity index (χ2v) is 8.25. The van der Waals surface area contributed by atoms with Crippen LogP contribution in [0.3, 0.4) is 0 Å². The lowest BCUT2D eigenvalue weighted by Gasteiger charge is -2.25. The van der Waals surface area contributed by atoms with Gasteiger partial charge in [-0.25, -0.2) is 18.7 Å². The van der Waals surface area contributed by atoms with Crippen molar-refractivity contribution in [1.29, 1.82) is 0 Å². The van der Waals surface area contributed by atoms with Crippen LogP contribution in [0.4, 0.5) is 20.3 Å². The molecule has 1 aliphatic rings. The van der Waals surface area contributed by atoms with Crippen molar-refractivity contribution in [1.82, 2.24) is 19.7 Å². The Morgan fingerprint density at radius 3 is 2.69 bits per heavy atom. The number of rotatable bonds is 4. The molecule has 1 aromatic carbocycles. The molecule has 7 nitrogen and oxygen atoms in total. The standard InChI is InChI=1S/C23H26F2N6O/c1-15-6-4-7-18(12-15)28-22(32)19-16(2)27-20(17-13-26-30(3)14-17)29-21(19)31-10-5-8-23(24,25)9-11-31/h4,6-7,12-14H,5,8-11H2,1-3H3,(H,28,32). The van der Waals surface area contributed by atoms with E-state index in [2.05, 4.69) is 20.4 Å². The molecular formula is C23H26F2N6O. The highest BCUT2D eigenvalue weighted by atomic mass is 19.3. The van der Waals surface area contributed by atoms with E-state index in [4.69, 9.17) is 0 Å². The van der Waals surface area contributed by atoms with Crippen molar-refractivity contribution < 1.29 is 13.6 Å². The van der Waals surface area contributed by atoms with Gasteiger partial charge in [-0.15, -0.1) is 0 Å². The van der Waals surface area contributed by atoms with Gasteiger partial charge in [0, 0.05) is 44.9 Å². The van der Waals surface area contributed by atoms with E-state index in [1.54, 1.807) is 42.0 Å². The summed E-state index contributed by atoms with van der Waals surface area (Å²) in [5.41, 5.74) is 3.14. The number of nitrogens with zero attached hydrogens (tertiary/aromatic N) is 5. The first-order valence-electron chi connectivity index (χ1n) is 10.6. The fraction of sp³-hybridized carbons (Fsp3) is 0.391. The molecule has 32 heavy (non-hydrogen) atoms. The Hall–Kier alpha value is -3.36. The van der Waals surface area contributed by atoms with E-state index in [1.165, 1.54) is 0 Å². The van der Waals surface area contributed by atoms with Crippen molar-refractivity contribution in [3.8, 4) is 11.4 Å². The number of aromatic nitrogens is 4. The minimum atomic E-state index is -2.72. The fourth-order valence-electron chi connectivity index (χ4n) is 3.91. The maximum absolute atomic E-state index is 14.0. The van der Waals surface area contributed by atoms with Gasteiger partial charge in [0.2, 0.25) is 5.92 Å². The van der Waals surface area contributed by atoms with Crippen molar-refractivity contribution in [3.05, 3.63) is 53.5 Å². The number of carbonyl (C=O) groups excluding carboxylic acids is 1. The monoisotopic (exact) mass is 440 g/mol. The summed E-state index contributed by atoms with van der Waals surface area (Å²) < 4.78 is 29.7. The van der Waals surface area contributed by atoms with Gasteiger partial charge < -0.3 is 10.2 Å². The minimum absolute atomic E-state index is 0.112. The van der Waals surface area contributed by atoms with Crippen molar-refractivity contribution in [2.75, 3.05) is 23.3 Å². The maximum atomic E-state index is 14.0. The molecule has 0 bridgehead atoms. The molecule has 0 saturated carbocycles. The van der Waals surface area contributed by atoms with Gasteiger partial charge in [-0.2, -0.15) is 5.10 Å². The number of anilines is 2. The molecule has 3 aromatic rings. The van der Waals surface area contributed by atoms with Crippen molar-refractivity contribution in [2.24, 2.45) is 7.05 Å². The van der Waals surface area contributed by atoms with Gasteiger partial charge in [0.15, 0.2) is 5.82 Å². The van der Waals surface area contributed by atoms with E-state index in [-0.39, 0.29) is 25.3 Å². The molecule has 1 fully saturated rings. The number of benzene rings is 1. The zero-order chi connectivity index (χ0) is 22.9. The Kier molecular flexibility index (Phi) is 5.90. The Bertz CT molecular complexity index is 1140. The highest BCUT2D eigenvalue weighted by molar-refractivity contribution is 6.08. The third-order valence-electron chi connectivity index (χ3n) is 5.55. The van der Waals surface area contributed by atoms with Crippen LogP contribution in [0.25, 0.3) is 11.4 Å². The number of halogens is 2. The molecule has 1 aliphatic heterocycles. The molecule has 4 rings (SSSR count). The van der Waals surface area contributed by atoms with E-state index in [0.29, 0.717) is 47.1 Å². The number of alkyl halides is 2. The molecule has 9 heteroatoms. The zero-order valence-electron chi connectivity index (χ0n) is 18.4. The molecule has 3 heterocycles. The number of carbonyl (C=O) groups is 1. The third-order valence-corrected chi connectivity index (χ3v) is 5.55. The number of amides is 1. The predicted molar refractivity (Wildman–Crippen MR) is 119 cm³/mol. The summed E-state index contributed by atoms with van der Waals surface area (Å²) in [4.78, 5) is 24.3. The number of hydrogen-bond donors (Lipinski definition) is 1. The Morgan fingerprint density at radius 2 is 1.97 bits per heavy atom. The summed E-state index contributed by atoms with van der Waals surface area (Å²) in [6, 6.07) is 7.47. The van der Waals surface area contributed by atoms with Crippen LogP contribution >= 0.6 is 0 Å². The smallest absolute Gasteiger partial charge is 0.261 e. The van der Waals surface area contributed by atoms with Crippen LogP contribution in [0, 0.1) is 13.8 Å². The lowest BCUT2D eigenvalue weighted by molar-refractivity contribution is -0.0102. The average molecular weight is 440 g/mol. The first-order valence-corrected chi connectivity index (χ1v) is 10.6. The summed E-state index contributed by atoms with van der Waals surface area (Å²) >= 11 is 0. The quantitative estimate of drug-likeness (QED) is 0.652. The van der Waals surface area contributed by atoms with Crippen molar-refractivity contribution in [2.45, 2.75) is 39.0 Å². The number of aryl methyl sites for hydroxylation is 3. The maximum Gasteiger partial charge on any atom is 0.261 e. The molecular weight excluding hydrogens is 414 g/mol. The summed E-state index contributed by atoms with van der Waals surface area (Å²) in [5.74, 6) is -2.29. The number of nitrogens with one attached hydrogen (secondary N) is 1. The highest BCUT2D eigenvalue weighted by Gasteiger charge is 2.34. The first-order chi connectivity index (χ1) is 15.2. The molecule has 1 saturated heterocycles. The van der Waals surface area contributed by atoms with Gasteiger partial charge in [0.25, 0.3) is 5.91 Å². The Labute approximate surface area is 185 Å². The SMILES string of the molecule is Cc1cccc(NC(=O)c2c(C)nc(-c3cnn(C)c3)nc2N2CCCC(F)(F)CC2)c1. The normalized spacial score (nSPS) is 16.0. The molecule has 2 aromatic heterocycles. The minimum Gasteiger partial charge on any atom is -0.356 e. The predicted octanol–water partition coefficient (Wildman–Crippen LogP) is 4.37. The van der Waals surface area contributed by atoms with E-state index in [0.717, 1.165) is 5.56 Å². The van der Waals surface area contributed by atoms with Crippen LogP contribution in [0.2, 0.25) is 0 Å². The lowest BCUT2D eigenvalue weighted by atomic mass is 10.1. The second kappa shape index (κ2) is 8.64. The molecule has 0 radical (unpaired) electrons. The summed E-state index contributed by atoms with van der Waals surface area (Å²) in [6.07, 6.45) is 3.28. The highest BCUT2D eigenvalue weighted by Crippen LogP contribution is 2.32. The lowest BCUT2D eigenvalue weighted by Crippen LogP contribution is -2.30. The van der Waals surface area contributed by atoms with E-state index in [1.807, 2.05) is 25.1 Å². The summed E-state index contributed by atoms with van der Waals surface area (Å²) in [6.45, 7) is 4.18. The third kappa shape index (κ3) is 4.76. The van der Waals surface area contributed by atoms with Crippen LogP contribution in [-0.2, 0) is 7.05 Å².